The van der Waals surface area contributed by atoms with Gasteiger partial charge in [-0.05, 0) is 57.8 Å². The Kier molecular flexibility index (Phi) is 36.9. The van der Waals surface area contributed by atoms with Gasteiger partial charge in [-0.1, -0.05) is 159 Å². The Balaban J connectivity index is 1.53. The molecule has 17 unspecified atom stereocenters. The zero-order valence-electron chi connectivity index (χ0n) is 46.0. The minimum absolute atomic E-state index is 0.231. The number of allylic oxidation sites excluding steroid dienone is 5. The van der Waals surface area contributed by atoms with Gasteiger partial charge in [-0.25, -0.2) is 0 Å². The Morgan fingerprint density at radius 1 is 0.461 bits per heavy atom. The number of unbranched alkanes of at least 4 members (excludes halogenated alkanes) is 22. The number of ether oxygens (including phenoxy) is 6. The zero-order chi connectivity index (χ0) is 55.5. The number of rotatable bonds is 42. The van der Waals surface area contributed by atoms with Crippen LogP contribution in [0.2, 0.25) is 0 Å². The summed E-state index contributed by atoms with van der Waals surface area (Å²) >= 11 is 0. The summed E-state index contributed by atoms with van der Waals surface area (Å²) in [7, 11) is 0. The standard InChI is InChI=1S/C57H103NO18/c1-3-5-7-9-11-13-15-17-19-20-21-23-25-27-29-31-33-35-45(63)58-40(41(62)34-32-30-28-26-24-22-18-16-14-12-10-8-6-4-2)39-71-55-51(69)48(66)53(43(37-60)73-55)76-57-52(70)49(67)54(44(38-61)74-57)75-56-50(68)47(65)46(64)42(36-59)72-56/h17,19,24,26,32,34,40-44,46-57,59-62,64-70H,3-16,18,20-23,25,27-31,33,35-39H2,1-2H3,(H,58,63)/b19-17-,26-24+,34-32+. The number of nitrogens with one attached hydrogen (secondary N) is 1. The van der Waals surface area contributed by atoms with Gasteiger partial charge in [-0.2, -0.15) is 0 Å². The van der Waals surface area contributed by atoms with E-state index in [1.54, 1.807) is 6.08 Å². The highest BCUT2D eigenvalue weighted by Crippen LogP contribution is 2.33. The SMILES string of the molecule is CCCCCCCC/C=C\CCCCCCCCCC(=O)NC(COC1OC(CO)C(OC2OC(CO)C(OC3OC(CO)C(O)C(O)C3O)C(O)C2O)C(O)C1O)C(O)/C=C/CC/C=C/CCCCCCCCCC. The summed E-state index contributed by atoms with van der Waals surface area (Å²) in [5, 5.41) is 120. The molecule has 0 aliphatic carbocycles. The second-order valence-electron chi connectivity index (χ2n) is 21.1. The van der Waals surface area contributed by atoms with Crippen molar-refractivity contribution >= 4 is 5.91 Å². The molecule has 0 aromatic rings. The molecule has 3 heterocycles. The van der Waals surface area contributed by atoms with Crippen molar-refractivity contribution in [3.8, 4) is 0 Å². The van der Waals surface area contributed by atoms with Gasteiger partial charge in [-0.15, -0.1) is 0 Å². The van der Waals surface area contributed by atoms with Gasteiger partial charge in [0.05, 0.1) is 38.6 Å². The summed E-state index contributed by atoms with van der Waals surface area (Å²) < 4.78 is 34.2. The number of hydrogen-bond acceptors (Lipinski definition) is 18. The third kappa shape index (κ3) is 25.2. The highest BCUT2D eigenvalue weighted by Gasteiger charge is 2.53. The van der Waals surface area contributed by atoms with Crippen LogP contribution in [0.25, 0.3) is 0 Å². The van der Waals surface area contributed by atoms with Gasteiger partial charge in [-0.3, -0.25) is 4.79 Å². The fraction of sp³-hybridized carbons (Fsp3) is 0.877. The fourth-order valence-electron chi connectivity index (χ4n) is 9.79. The molecule has 0 aromatic heterocycles. The molecule has 3 fully saturated rings. The molecule has 0 spiro atoms. The first-order valence-corrected chi connectivity index (χ1v) is 29.2. The molecule has 3 aliphatic rings. The second-order valence-corrected chi connectivity index (χ2v) is 21.1. The molecule has 3 rings (SSSR count). The van der Waals surface area contributed by atoms with Crippen molar-refractivity contribution in [2.45, 2.75) is 291 Å². The van der Waals surface area contributed by atoms with Gasteiger partial charge < -0.3 is 89.9 Å². The van der Waals surface area contributed by atoms with Crippen molar-refractivity contribution in [3.63, 3.8) is 0 Å². The van der Waals surface area contributed by atoms with Crippen LogP contribution in [0.3, 0.4) is 0 Å². The molecule has 1 amide bonds. The van der Waals surface area contributed by atoms with Gasteiger partial charge in [0.2, 0.25) is 5.91 Å². The summed E-state index contributed by atoms with van der Waals surface area (Å²) in [5.41, 5.74) is 0. The van der Waals surface area contributed by atoms with E-state index in [1.807, 2.05) is 6.08 Å². The van der Waals surface area contributed by atoms with E-state index in [4.69, 9.17) is 28.4 Å². The third-order valence-electron chi connectivity index (χ3n) is 14.7. The van der Waals surface area contributed by atoms with E-state index in [-0.39, 0.29) is 18.9 Å². The lowest BCUT2D eigenvalue weighted by molar-refractivity contribution is -0.379. The average molecular weight is 1090 g/mol. The summed E-state index contributed by atoms with van der Waals surface area (Å²) in [4.78, 5) is 13.3. The lowest BCUT2D eigenvalue weighted by atomic mass is 9.96. The average Bonchev–Trinajstić information content (AvgIpc) is 3.41. The molecular weight excluding hydrogens is 987 g/mol. The number of carbonyl (C=O) groups excluding carboxylic acids is 1. The van der Waals surface area contributed by atoms with Crippen LogP contribution in [0.5, 0.6) is 0 Å². The number of carbonyl (C=O) groups is 1. The van der Waals surface area contributed by atoms with Crippen molar-refractivity contribution in [2.75, 3.05) is 26.4 Å². The van der Waals surface area contributed by atoms with Gasteiger partial charge >= 0.3 is 0 Å². The maximum Gasteiger partial charge on any atom is 0.220 e. The summed E-state index contributed by atoms with van der Waals surface area (Å²) in [6.45, 7) is 1.67. The van der Waals surface area contributed by atoms with Crippen molar-refractivity contribution in [1.29, 1.82) is 0 Å². The van der Waals surface area contributed by atoms with Gasteiger partial charge in [0.1, 0.15) is 73.2 Å². The van der Waals surface area contributed by atoms with Crippen LogP contribution in [0, 0.1) is 0 Å². The normalized spacial score (nSPS) is 31.2. The molecule has 0 aromatic carbocycles. The molecule has 12 N–H and O–H groups in total. The summed E-state index contributed by atoms with van der Waals surface area (Å²) in [6.07, 6.45) is 15.6. The van der Waals surface area contributed by atoms with Crippen LogP contribution in [-0.2, 0) is 33.2 Å². The topological polar surface area (TPSA) is 307 Å². The highest BCUT2D eigenvalue weighted by molar-refractivity contribution is 5.76. The highest BCUT2D eigenvalue weighted by atomic mass is 16.8. The zero-order valence-corrected chi connectivity index (χ0v) is 46.0. The maximum absolute atomic E-state index is 13.3. The molecule has 19 nitrogen and oxygen atoms in total. The molecule has 76 heavy (non-hydrogen) atoms. The molecular formula is C57H103NO18. The Morgan fingerprint density at radius 2 is 0.842 bits per heavy atom. The quantitative estimate of drug-likeness (QED) is 0.0295. The first kappa shape index (κ1) is 68.3. The molecule has 17 atom stereocenters. The van der Waals surface area contributed by atoms with Crippen LogP contribution in [0.15, 0.2) is 36.5 Å². The van der Waals surface area contributed by atoms with E-state index in [2.05, 4.69) is 43.5 Å². The number of amides is 1. The minimum Gasteiger partial charge on any atom is -0.394 e. The van der Waals surface area contributed by atoms with Gasteiger partial charge in [0.15, 0.2) is 18.9 Å². The lowest BCUT2D eigenvalue weighted by Gasteiger charge is -2.48. The summed E-state index contributed by atoms with van der Waals surface area (Å²) in [6, 6.07) is -0.989. The van der Waals surface area contributed by atoms with Crippen LogP contribution >= 0.6 is 0 Å². The first-order chi connectivity index (χ1) is 36.8. The van der Waals surface area contributed by atoms with Gasteiger partial charge in [0, 0.05) is 6.42 Å². The van der Waals surface area contributed by atoms with E-state index in [0.717, 1.165) is 51.4 Å². The molecule has 0 saturated carbocycles. The molecule has 444 valence electrons. The number of hydrogen-bond donors (Lipinski definition) is 12. The molecule has 0 radical (unpaired) electrons. The predicted octanol–water partition coefficient (Wildman–Crippen LogP) is 4.54. The maximum atomic E-state index is 13.3. The van der Waals surface area contributed by atoms with Gasteiger partial charge in [0.25, 0.3) is 0 Å². The third-order valence-corrected chi connectivity index (χ3v) is 14.7. The van der Waals surface area contributed by atoms with E-state index in [9.17, 15) is 61.0 Å². The van der Waals surface area contributed by atoms with E-state index >= 15 is 0 Å². The first-order valence-electron chi connectivity index (χ1n) is 29.2. The molecule has 3 saturated heterocycles. The smallest absolute Gasteiger partial charge is 0.220 e. The van der Waals surface area contributed by atoms with Crippen LogP contribution < -0.4 is 5.32 Å². The van der Waals surface area contributed by atoms with Crippen LogP contribution in [0.1, 0.15) is 187 Å². The Morgan fingerprint density at radius 3 is 1.32 bits per heavy atom. The monoisotopic (exact) mass is 1090 g/mol. The lowest BCUT2D eigenvalue weighted by Crippen LogP contribution is -2.66. The Bertz CT molecular complexity index is 1540. The van der Waals surface area contributed by atoms with Crippen molar-refractivity contribution < 1.29 is 89.4 Å². The number of aliphatic hydroxyl groups is 11. The van der Waals surface area contributed by atoms with Crippen molar-refractivity contribution in [1.82, 2.24) is 5.32 Å². The predicted molar refractivity (Wildman–Crippen MR) is 286 cm³/mol. The van der Waals surface area contributed by atoms with Crippen molar-refractivity contribution in [3.05, 3.63) is 36.5 Å². The second kappa shape index (κ2) is 41.1. The van der Waals surface area contributed by atoms with Crippen molar-refractivity contribution in [2.24, 2.45) is 0 Å². The Labute approximate surface area is 453 Å². The largest absolute Gasteiger partial charge is 0.394 e. The number of aliphatic hydroxyl groups excluding tert-OH is 11. The minimum atomic E-state index is -1.98. The molecule has 19 heteroatoms. The molecule has 0 bridgehead atoms. The van der Waals surface area contributed by atoms with E-state index in [0.29, 0.717) is 12.8 Å². The van der Waals surface area contributed by atoms with E-state index in [1.165, 1.54) is 103 Å². The van der Waals surface area contributed by atoms with E-state index < -0.39 is 124 Å². The van der Waals surface area contributed by atoms with Crippen LogP contribution in [-0.4, -0.2) is 193 Å². The van der Waals surface area contributed by atoms with Crippen LogP contribution in [0.4, 0.5) is 0 Å². The fourth-order valence-corrected chi connectivity index (χ4v) is 9.79. The molecule has 3 aliphatic heterocycles. The summed E-state index contributed by atoms with van der Waals surface area (Å²) in [5.74, 6) is -0.292. The Hall–Kier alpha value is -1.99.